The largest absolute Gasteiger partial charge is 0.314 e. The molecule has 1 fully saturated rings. The summed E-state index contributed by atoms with van der Waals surface area (Å²) in [6, 6.07) is 0.841. The van der Waals surface area contributed by atoms with E-state index >= 15 is 0 Å². The highest BCUT2D eigenvalue weighted by atomic mass is 14.9. The summed E-state index contributed by atoms with van der Waals surface area (Å²) in [5.41, 5.74) is 0. The minimum absolute atomic E-state index is 0.841. The summed E-state index contributed by atoms with van der Waals surface area (Å²) in [4.78, 5) is 0. The van der Waals surface area contributed by atoms with Gasteiger partial charge in [-0.15, -0.1) is 0 Å². The molecule has 0 aromatic heterocycles. The highest BCUT2D eigenvalue weighted by Crippen LogP contribution is 2.30. The van der Waals surface area contributed by atoms with Crippen LogP contribution >= 0.6 is 0 Å². The Kier molecular flexibility index (Phi) is 11.4. The van der Waals surface area contributed by atoms with Crippen molar-refractivity contribution >= 4 is 0 Å². The Balaban J connectivity index is 1.79. The maximum Gasteiger partial charge on any atom is 0.00696 e. The van der Waals surface area contributed by atoms with Gasteiger partial charge in [-0.25, -0.2) is 0 Å². The standard InChI is InChI=1S/C19H39N/c1-3-5-6-7-8-9-10-11-12-13-14-18-15-16-19(17-18)20-4-2/h18-20H,3-17H2,1-2H3. The van der Waals surface area contributed by atoms with E-state index in [4.69, 9.17) is 0 Å². The lowest BCUT2D eigenvalue weighted by Gasteiger charge is -2.11. The molecule has 20 heavy (non-hydrogen) atoms. The fourth-order valence-electron chi connectivity index (χ4n) is 3.73. The molecule has 1 N–H and O–H groups in total. The maximum absolute atomic E-state index is 3.61. The van der Waals surface area contributed by atoms with Crippen LogP contribution < -0.4 is 5.32 Å². The van der Waals surface area contributed by atoms with Crippen LogP contribution in [0.25, 0.3) is 0 Å². The minimum Gasteiger partial charge on any atom is -0.314 e. The molecule has 1 aliphatic carbocycles. The Morgan fingerprint density at radius 1 is 0.750 bits per heavy atom. The predicted octanol–water partition coefficient (Wildman–Crippen LogP) is 6.08. The van der Waals surface area contributed by atoms with E-state index in [0.717, 1.165) is 18.5 Å². The zero-order chi connectivity index (χ0) is 14.5. The van der Waals surface area contributed by atoms with Crippen molar-refractivity contribution in [3.63, 3.8) is 0 Å². The molecule has 0 aromatic rings. The van der Waals surface area contributed by atoms with Crippen molar-refractivity contribution in [3.8, 4) is 0 Å². The van der Waals surface area contributed by atoms with E-state index in [-0.39, 0.29) is 0 Å². The first-order valence-electron chi connectivity index (χ1n) is 9.60. The van der Waals surface area contributed by atoms with Crippen molar-refractivity contribution in [2.24, 2.45) is 5.92 Å². The smallest absolute Gasteiger partial charge is 0.00696 e. The molecule has 0 aliphatic heterocycles. The average molecular weight is 282 g/mol. The van der Waals surface area contributed by atoms with E-state index in [0.29, 0.717) is 0 Å². The SMILES string of the molecule is CCCCCCCCCCCCC1CCC(NCC)C1. The normalized spacial score (nSPS) is 22.5. The Labute approximate surface area is 128 Å². The van der Waals surface area contributed by atoms with Gasteiger partial charge in [-0.3, -0.25) is 0 Å². The molecule has 0 spiro atoms. The molecule has 1 saturated carbocycles. The summed E-state index contributed by atoms with van der Waals surface area (Å²) >= 11 is 0. The van der Waals surface area contributed by atoms with Gasteiger partial charge in [0.25, 0.3) is 0 Å². The monoisotopic (exact) mass is 281 g/mol. The Bertz CT molecular complexity index is 202. The van der Waals surface area contributed by atoms with Gasteiger partial charge in [0.05, 0.1) is 0 Å². The summed E-state index contributed by atoms with van der Waals surface area (Å²) in [5, 5.41) is 3.61. The van der Waals surface area contributed by atoms with Crippen LogP contribution in [0.5, 0.6) is 0 Å². The molecule has 0 saturated heterocycles. The predicted molar refractivity (Wildman–Crippen MR) is 91.3 cm³/mol. The molecule has 0 radical (unpaired) electrons. The van der Waals surface area contributed by atoms with Gasteiger partial charge in [-0.1, -0.05) is 84.5 Å². The molecule has 0 bridgehead atoms. The van der Waals surface area contributed by atoms with E-state index in [2.05, 4.69) is 19.2 Å². The van der Waals surface area contributed by atoms with Crippen molar-refractivity contribution in [1.29, 1.82) is 0 Å². The van der Waals surface area contributed by atoms with Crippen molar-refractivity contribution in [2.75, 3.05) is 6.54 Å². The molecule has 1 nitrogen and oxygen atoms in total. The molecule has 1 heteroatoms. The van der Waals surface area contributed by atoms with Gasteiger partial charge in [0.1, 0.15) is 0 Å². The fourth-order valence-corrected chi connectivity index (χ4v) is 3.73. The third-order valence-corrected chi connectivity index (χ3v) is 5.00. The molecular weight excluding hydrogens is 242 g/mol. The zero-order valence-corrected chi connectivity index (χ0v) is 14.3. The van der Waals surface area contributed by atoms with Gasteiger partial charge in [0.15, 0.2) is 0 Å². The molecule has 0 heterocycles. The quantitative estimate of drug-likeness (QED) is 0.404. The van der Waals surface area contributed by atoms with Crippen LogP contribution in [0.3, 0.4) is 0 Å². The number of hydrogen-bond donors (Lipinski definition) is 1. The molecule has 120 valence electrons. The van der Waals surface area contributed by atoms with E-state index in [9.17, 15) is 0 Å². The van der Waals surface area contributed by atoms with Crippen LogP contribution in [0, 0.1) is 5.92 Å². The van der Waals surface area contributed by atoms with Crippen LogP contribution in [0.15, 0.2) is 0 Å². The summed E-state index contributed by atoms with van der Waals surface area (Å²) < 4.78 is 0. The lowest BCUT2D eigenvalue weighted by molar-refractivity contribution is 0.441. The molecule has 2 unspecified atom stereocenters. The van der Waals surface area contributed by atoms with E-state index in [1.54, 1.807) is 0 Å². The molecule has 0 amide bonds. The molecular formula is C19H39N. The van der Waals surface area contributed by atoms with Gasteiger partial charge in [0.2, 0.25) is 0 Å². The van der Waals surface area contributed by atoms with Crippen molar-refractivity contribution in [3.05, 3.63) is 0 Å². The van der Waals surface area contributed by atoms with Gasteiger partial charge in [-0.2, -0.15) is 0 Å². The fraction of sp³-hybridized carbons (Fsp3) is 1.00. The zero-order valence-electron chi connectivity index (χ0n) is 14.3. The van der Waals surface area contributed by atoms with Gasteiger partial charge >= 0.3 is 0 Å². The van der Waals surface area contributed by atoms with Crippen LogP contribution in [-0.4, -0.2) is 12.6 Å². The Morgan fingerprint density at radius 3 is 1.95 bits per heavy atom. The second-order valence-corrected chi connectivity index (χ2v) is 6.90. The first kappa shape index (κ1) is 18.0. The van der Waals surface area contributed by atoms with E-state index < -0.39 is 0 Å². The van der Waals surface area contributed by atoms with Crippen LogP contribution in [0.2, 0.25) is 0 Å². The van der Waals surface area contributed by atoms with Gasteiger partial charge in [-0.05, 0) is 31.7 Å². The number of unbranched alkanes of at least 4 members (excludes halogenated alkanes) is 9. The topological polar surface area (TPSA) is 12.0 Å². The lowest BCUT2D eigenvalue weighted by Crippen LogP contribution is -2.25. The van der Waals surface area contributed by atoms with Crippen molar-refractivity contribution in [1.82, 2.24) is 5.32 Å². The van der Waals surface area contributed by atoms with E-state index in [1.807, 2.05) is 0 Å². The second-order valence-electron chi connectivity index (χ2n) is 6.90. The summed E-state index contributed by atoms with van der Waals surface area (Å²) in [6.07, 6.45) is 20.5. The van der Waals surface area contributed by atoms with Crippen LogP contribution in [-0.2, 0) is 0 Å². The van der Waals surface area contributed by atoms with Gasteiger partial charge in [0, 0.05) is 6.04 Å². The summed E-state index contributed by atoms with van der Waals surface area (Å²) in [6.45, 7) is 5.68. The van der Waals surface area contributed by atoms with Crippen molar-refractivity contribution < 1.29 is 0 Å². The average Bonchev–Trinajstić information content (AvgIpc) is 2.89. The molecule has 1 aliphatic rings. The third-order valence-electron chi connectivity index (χ3n) is 5.00. The minimum atomic E-state index is 0.841. The number of rotatable bonds is 13. The number of hydrogen-bond acceptors (Lipinski definition) is 1. The Hall–Kier alpha value is -0.0400. The second kappa shape index (κ2) is 12.7. The van der Waals surface area contributed by atoms with Crippen LogP contribution in [0.1, 0.15) is 104 Å². The maximum atomic E-state index is 3.61. The number of nitrogens with one attached hydrogen (secondary N) is 1. The molecule has 0 aromatic carbocycles. The first-order chi connectivity index (χ1) is 9.86. The molecule has 1 rings (SSSR count). The van der Waals surface area contributed by atoms with Crippen molar-refractivity contribution in [2.45, 2.75) is 110 Å². The van der Waals surface area contributed by atoms with Gasteiger partial charge < -0.3 is 5.32 Å². The summed E-state index contributed by atoms with van der Waals surface area (Å²) in [7, 11) is 0. The van der Waals surface area contributed by atoms with E-state index in [1.165, 1.54) is 89.9 Å². The third kappa shape index (κ3) is 9.00. The summed E-state index contributed by atoms with van der Waals surface area (Å²) in [5.74, 6) is 1.04. The molecule has 2 atom stereocenters. The first-order valence-corrected chi connectivity index (χ1v) is 9.60. The lowest BCUT2D eigenvalue weighted by atomic mass is 9.98. The van der Waals surface area contributed by atoms with Crippen LogP contribution in [0.4, 0.5) is 0 Å². The highest BCUT2D eigenvalue weighted by molar-refractivity contribution is 4.80. The highest BCUT2D eigenvalue weighted by Gasteiger charge is 2.22. The Morgan fingerprint density at radius 2 is 1.35 bits per heavy atom.